The Bertz CT molecular complexity index is 430. The van der Waals surface area contributed by atoms with E-state index < -0.39 is 0 Å². The van der Waals surface area contributed by atoms with E-state index in [0.717, 1.165) is 12.1 Å². The van der Waals surface area contributed by atoms with Gasteiger partial charge in [-0.05, 0) is 37.5 Å². The lowest BCUT2D eigenvalue weighted by Crippen LogP contribution is -2.60. The number of hydrogen-bond donors (Lipinski definition) is 2. The summed E-state index contributed by atoms with van der Waals surface area (Å²) in [4.78, 5) is 14.1. The largest absolute Gasteiger partial charge is 0.396 e. The molecule has 0 aliphatic carbocycles. The molecule has 2 N–H and O–H groups in total. The number of rotatable bonds is 4. The fraction of sp³-hybridized carbons (Fsp3) is 0.533. The molecule has 2 rings (SSSR count). The average Bonchev–Trinajstić information content (AvgIpc) is 2.44. The summed E-state index contributed by atoms with van der Waals surface area (Å²) in [5.41, 5.74) is 2.34. The Morgan fingerprint density at radius 3 is 2.63 bits per heavy atom. The summed E-state index contributed by atoms with van der Waals surface area (Å²) < 4.78 is 0. The van der Waals surface area contributed by atoms with E-state index in [1.807, 2.05) is 0 Å². The van der Waals surface area contributed by atoms with Crippen LogP contribution in [0, 0.1) is 0 Å². The van der Waals surface area contributed by atoms with Crippen molar-refractivity contribution in [1.29, 1.82) is 0 Å². The third-order valence-electron chi connectivity index (χ3n) is 3.73. The van der Waals surface area contributed by atoms with Crippen LogP contribution in [-0.2, 0) is 11.2 Å². The fourth-order valence-electron chi connectivity index (χ4n) is 2.63. The van der Waals surface area contributed by atoms with Crippen LogP contribution in [0.2, 0.25) is 0 Å². The number of nitrogens with zero attached hydrogens (tertiary/aromatic N) is 1. The molecule has 1 saturated heterocycles. The van der Waals surface area contributed by atoms with Crippen molar-refractivity contribution in [2.24, 2.45) is 0 Å². The molecule has 0 spiro atoms. The second-order valence-corrected chi connectivity index (χ2v) is 5.05. The lowest BCUT2D eigenvalue weighted by atomic mass is 10.0. The number of aliphatic hydroxyl groups is 1. The van der Waals surface area contributed by atoms with Crippen LogP contribution < -0.4 is 10.2 Å². The molecule has 1 fully saturated rings. The molecule has 19 heavy (non-hydrogen) atoms. The van der Waals surface area contributed by atoms with Crippen molar-refractivity contribution < 1.29 is 9.90 Å². The fourth-order valence-corrected chi connectivity index (χ4v) is 2.63. The Labute approximate surface area is 114 Å². The van der Waals surface area contributed by atoms with E-state index in [0.29, 0.717) is 13.0 Å². The first-order valence-electron chi connectivity index (χ1n) is 6.93. The predicted octanol–water partition coefficient (Wildman–Crippen LogP) is 1.32. The van der Waals surface area contributed by atoms with E-state index in [2.05, 4.69) is 48.3 Å². The van der Waals surface area contributed by atoms with Crippen LogP contribution >= 0.6 is 0 Å². The summed E-state index contributed by atoms with van der Waals surface area (Å²) >= 11 is 0. The molecule has 104 valence electrons. The van der Waals surface area contributed by atoms with Crippen LogP contribution in [0.1, 0.15) is 25.8 Å². The van der Waals surface area contributed by atoms with Crippen molar-refractivity contribution in [1.82, 2.24) is 5.32 Å². The van der Waals surface area contributed by atoms with Crippen LogP contribution in [0.25, 0.3) is 0 Å². The van der Waals surface area contributed by atoms with Gasteiger partial charge in [0.25, 0.3) is 0 Å². The summed E-state index contributed by atoms with van der Waals surface area (Å²) in [7, 11) is 0. The van der Waals surface area contributed by atoms with Crippen molar-refractivity contribution in [3.63, 3.8) is 0 Å². The molecule has 1 aliphatic rings. The van der Waals surface area contributed by atoms with Gasteiger partial charge in [0.15, 0.2) is 0 Å². The Kier molecular flexibility index (Phi) is 4.43. The van der Waals surface area contributed by atoms with Crippen LogP contribution in [0.4, 0.5) is 5.69 Å². The molecule has 0 radical (unpaired) electrons. The van der Waals surface area contributed by atoms with Crippen molar-refractivity contribution in [2.45, 2.75) is 38.8 Å². The van der Waals surface area contributed by atoms with Gasteiger partial charge in [0.05, 0.1) is 0 Å². The first-order chi connectivity index (χ1) is 9.17. The van der Waals surface area contributed by atoms with Crippen molar-refractivity contribution >= 4 is 11.6 Å². The van der Waals surface area contributed by atoms with Gasteiger partial charge < -0.3 is 15.3 Å². The van der Waals surface area contributed by atoms with Gasteiger partial charge in [0.1, 0.15) is 6.04 Å². The van der Waals surface area contributed by atoms with Crippen LogP contribution in [-0.4, -0.2) is 36.2 Å². The van der Waals surface area contributed by atoms with E-state index >= 15 is 0 Å². The van der Waals surface area contributed by atoms with Crippen LogP contribution in [0.15, 0.2) is 24.3 Å². The topological polar surface area (TPSA) is 52.6 Å². The van der Waals surface area contributed by atoms with E-state index in [9.17, 15) is 4.79 Å². The molecule has 1 aromatic rings. The molecule has 0 bridgehead atoms. The molecule has 1 amide bonds. The minimum atomic E-state index is -0.277. The molecule has 1 heterocycles. The number of anilines is 1. The maximum atomic E-state index is 12.0. The quantitative estimate of drug-likeness (QED) is 0.860. The van der Waals surface area contributed by atoms with Crippen LogP contribution in [0.3, 0.4) is 0 Å². The standard InChI is InChI=1S/C15H22N2O2/c1-3-12-4-6-13(7-5-12)17-11(2)10-16-15(19)14(17)8-9-18/h4-7,11,14,18H,3,8-10H2,1-2H3,(H,16,19). The monoisotopic (exact) mass is 262 g/mol. The van der Waals surface area contributed by atoms with Gasteiger partial charge in [0.2, 0.25) is 5.91 Å². The third kappa shape index (κ3) is 2.89. The van der Waals surface area contributed by atoms with Gasteiger partial charge in [0, 0.05) is 24.9 Å². The molecule has 2 atom stereocenters. The lowest BCUT2D eigenvalue weighted by Gasteiger charge is -2.41. The normalized spacial score (nSPS) is 23.3. The average molecular weight is 262 g/mol. The Morgan fingerprint density at radius 2 is 2.05 bits per heavy atom. The van der Waals surface area contributed by atoms with E-state index in [1.54, 1.807) is 0 Å². The highest BCUT2D eigenvalue weighted by Gasteiger charge is 2.33. The zero-order valence-electron chi connectivity index (χ0n) is 11.6. The smallest absolute Gasteiger partial charge is 0.242 e. The van der Waals surface area contributed by atoms with Gasteiger partial charge >= 0.3 is 0 Å². The lowest BCUT2D eigenvalue weighted by molar-refractivity contribution is -0.124. The van der Waals surface area contributed by atoms with Gasteiger partial charge in [-0.15, -0.1) is 0 Å². The SMILES string of the molecule is CCc1ccc(N2C(C)CNC(=O)C2CCO)cc1. The second-order valence-electron chi connectivity index (χ2n) is 5.05. The maximum Gasteiger partial charge on any atom is 0.242 e. The number of hydrogen-bond acceptors (Lipinski definition) is 3. The number of benzene rings is 1. The Hall–Kier alpha value is -1.55. The van der Waals surface area contributed by atoms with Crippen molar-refractivity contribution in [3.8, 4) is 0 Å². The van der Waals surface area contributed by atoms with Gasteiger partial charge in [-0.1, -0.05) is 19.1 Å². The highest BCUT2D eigenvalue weighted by Crippen LogP contribution is 2.24. The minimum Gasteiger partial charge on any atom is -0.396 e. The second kappa shape index (κ2) is 6.06. The van der Waals surface area contributed by atoms with Crippen LogP contribution in [0.5, 0.6) is 0 Å². The van der Waals surface area contributed by atoms with E-state index in [1.165, 1.54) is 5.56 Å². The van der Waals surface area contributed by atoms with Crippen molar-refractivity contribution in [3.05, 3.63) is 29.8 Å². The summed E-state index contributed by atoms with van der Waals surface area (Å²) in [5, 5.41) is 12.1. The Balaban J connectivity index is 2.27. The summed E-state index contributed by atoms with van der Waals surface area (Å²) in [6, 6.07) is 8.30. The molecule has 2 unspecified atom stereocenters. The summed E-state index contributed by atoms with van der Waals surface area (Å²) in [6.07, 6.45) is 1.47. The maximum absolute atomic E-state index is 12.0. The zero-order valence-corrected chi connectivity index (χ0v) is 11.6. The molecule has 1 aliphatic heterocycles. The van der Waals surface area contributed by atoms with E-state index in [4.69, 9.17) is 5.11 Å². The molecular formula is C15H22N2O2. The molecular weight excluding hydrogens is 240 g/mol. The zero-order chi connectivity index (χ0) is 13.8. The van der Waals surface area contributed by atoms with Crippen molar-refractivity contribution in [2.75, 3.05) is 18.1 Å². The first-order valence-corrected chi connectivity index (χ1v) is 6.93. The predicted molar refractivity (Wildman–Crippen MR) is 76.3 cm³/mol. The van der Waals surface area contributed by atoms with E-state index in [-0.39, 0.29) is 24.6 Å². The first kappa shape index (κ1) is 13.9. The molecule has 1 aromatic carbocycles. The number of carbonyl (C=O) groups is 1. The van der Waals surface area contributed by atoms with Gasteiger partial charge in [-0.2, -0.15) is 0 Å². The molecule has 0 saturated carbocycles. The minimum absolute atomic E-state index is 0.00622. The highest BCUT2D eigenvalue weighted by molar-refractivity contribution is 5.86. The van der Waals surface area contributed by atoms with Gasteiger partial charge in [-0.3, -0.25) is 4.79 Å². The number of aliphatic hydroxyl groups excluding tert-OH is 1. The molecule has 4 heteroatoms. The highest BCUT2D eigenvalue weighted by atomic mass is 16.3. The number of carbonyl (C=O) groups excluding carboxylic acids is 1. The molecule has 0 aromatic heterocycles. The van der Waals surface area contributed by atoms with Gasteiger partial charge in [-0.25, -0.2) is 0 Å². The summed E-state index contributed by atoms with van der Waals surface area (Å²) in [5.74, 6) is 0.00622. The molecule has 4 nitrogen and oxygen atoms in total. The number of piperazine rings is 1. The number of nitrogens with one attached hydrogen (secondary N) is 1. The number of aryl methyl sites for hydroxylation is 1. The summed E-state index contributed by atoms with van der Waals surface area (Å²) in [6.45, 7) is 4.89. The third-order valence-corrected chi connectivity index (χ3v) is 3.73. The number of amides is 1. The Morgan fingerprint density at radius 1 is 1.37 bits per heavy atom.